The molecule has 1 aromatic carbocycles. The van der Waals surface area contributed by atoms with E-state index in [1.165, 1.54) is 24.3 Å². The number of carbonyl (C=O) groups excluding carboxylic acids is 2. The molecule has 0 atom stereocenters. The fraction of sp³-hybridized carbons (Fsp3) is 0.485. The number of aryl methyl sites for hydroxylation is 1. The van der Waals surface area contributed by atoms with E-state index >= 15 is 0 Å². The number of nitrogens with zero attached hydrogens (tertiary/aromatic N) is 7. The molecular weight excluding hydrogens is 637 g/mol. The van der Waals surface area contributed by atoms with Gasteiger partial charge < -0.3 is 14.2 Å². The molecule has 15 heteroatoms. The lowest BCUT2D eigenvalue weighted by Crippen LogP contribution is -2.49. The van der Waals surface area contributed by atoms with Gasteiger partial charge in [0.1, 0.15) is 30.1 Å². The number of amides is 1. The Labute approximate surface area is 280 Å². The number of hydrogen-bond acceptors (Lipinski definition) is 11. The van der Waals surface area contributed by atoms with Crippen molar-refractivity contribution < 1.29 is 32.5 Å². The van der Waals surface area contributed by atoms with Crippen LogP contribution >= 0.6 is 7.82 Å². The second kappa shape index (κ2) is 13.9. The molecule has 1 saturated heterocycles. The molecule has 3 aromatic heterocycles. The number of ketones is 1. The summed E-state index contributed by atoms with van der Waals surface area (Å²) in [5, 5.41) is 4.93. The van der Waals surface area contributed by atoms with Crippen LogP contribution in [0.2, 0.25) is 0 Å². The van der Waals surface area contributed by atoms with Crippen LogP contribution in [0.15, 0.2) is 49.1 Å². The number of ether oxygens (including phenoxy) is 1. The first-order valence-electron chi connectivity index (χ1n) is 15.8. The summed E-state index contributed by atoms with van der Waals surface area (Å²) in [5.74, 6) is 1.06. The van der Waals surface area contributed by atoms with E-state index in [9.17, 15) is 14.2 Å². The molecule has 5 rings (SSSR count). The van der Waals surface area contributed by atoms with Gasteiger partial charge in [-0.1, -0.05) is 18.2 Å². The van der Waals surface area contributed by atoms with Crippen LogP contribution in [-0.2, 0) is 24.9 Å². The summed E-state index contributed by atoms with van der Waals surface area (Å²) in [6.07, 6.45) is 4.69. The predicted molar refractivity (Wildman–Crippen MR) is 179 cm³/mol. The Morgan fingerprint density at radius 3 is 2.15 bits per heavy atom. The fourth-order valence-corrected chi connectivity index (χ4v) is 7.16. The number of piperazine rings is 1. The van der Waals surface area contributed by atoms with Gasteiger partial charge in [-0.25, -0.2) is 19.2 Å². The predicted octanol–water partition coefficient (Wildman–Crippen LogP) is 5.29. The van der Waals surface area contributed by atoms with Gasteiger partial charge in [-0.2, -0.15) is 5.10 Å². The molecule has 0 aliphatic carbocycles. The maximum atomic E-state index is 14.1. The molecular formula is C33H44N7O7P. The molecule has 0 N–H and O–H groups in total. The Kier molecular flexibility index (Phi) is 10.2. The van der Waals surface area contributed by atoms with Gasteiger partial charge in [0.25, 0.3) is 5.91 Å². The summed E-state index contributed by atoms with van der Waals surface area (Å²) in [4.78, 5) is 39.7. The lowest BCUT2D eigenvalue weighted by Gasteiger charge is -2.34. The zero-order chi connectivity index (χ0) is 34.9. The number of carbonyl (C=O) groups is 2. The summed E-state index contributed by atoms with van der Waals surface area (Å²) in [7, 11) is -2.62. The first kappa shape index (κ1) is 35.4. The Morgan fingerprint density at radius 2 is 1.58 bits per heavy atom. The lowest BCUT2D eigenvalue weighted by atomic mass is 10.1. The highest BCUT2D eigenvalue weighted by Crippen LogP contribution is 2.55. The molecule has 1 aliphatic heterocycles. The molecule has 14 nitrogen and oxygen atoms in total. The van der Waals surface area contributed by atoms with Crippen molar-refractivity contribution in [1.29, 1.82) is 0 Å². The van der Waals surface area contributed by atoms with Crippen LogP contribution in [-0.4, -0.2) is 96.8 Å². The summed E-state index contributed by atoms with van der Waals surface area (Å²) >= 11 is 0. The summed E-state index contributed by atoms with van der Waals surface area (Å²) < 4.78 is 40.4. The third-order valence-electron chi connectivity index (χ3n) is 7.36. The Bertz CT molecular complexity index is 1800. The molecule has 0 saturated carbocycles. The number of rotatable bonds is 11. The Morgan fingerprint density at radius 1 is 0.938 bits per heavy atom. The second-order valence-electron chi connectivity index (χ2n) is 13.6. The molecule has 48 heavy (non-hydrogen) atoms. The van der Waals surface area contributed by atoms with Crippen LogP contribution in [0.1, 0.15) is 68.1 Å². The topological polar surface area (TPSA) is 143 Å². The van der Waals surface area contributed by atoms with Gasteiger partial charge in [-0.05, 0) is 60.6 Å². The van der Waals surface area contributed by atoms with Gasteiger partial charge >= 0.3 is 7.82 Å². The van der Waals surface area contributed by atoms with E-state index in [0.717, 1.165) is 0 Å². The van der Waals surface area contributed by atoms with E-state index < -0.39 is 19.0 Å². The third kappa shape index (κ3) is 8.37. The summed E-state index contributed by atoms with van der Waals surface area (Å²) in [5.41, 5.74) is -0.229. The van der Waals surface area contributed by atoms with Gasteiger partial charge in [0.2, 0.25) is 0 Å². The van der Waals surface area contributed by atoms with Crippen LogP contribution < -0.4 is 4.74 Å². The zero-order valence-corrected chi connectivity index (χ0v) is 29.7. The minimum absolute atomic E-state index is 0.0269. The zero-order valence-electron chi connectivity index (χ0n) is 28.8. The molecule has 1 aliphatic rings. The molecule has 1 fully saturated rings. The van der Waals surface area contributed by atoms with Crippen molar-refractivity contribution in [2.24, 2.45) is 0 Å². The number of methoxy groups -OCH3 is 1. The highest BCUT2D eigenvalue weighted by molar-refractivity contribution is 7.48. The standard InChI is InChI=1S/C33H44N7O7P/c1-23-35-21-40(36-23)30-29-28(27(44-8)18-34-30)25(19-39(29)22-45-48(43,46-32(2,3)4)47-33(5,6)7)26(41)20-37-14-16-38(17-15-37)31(42)24-12-10-9-11-13-24/h9-13,18-19,21H,14-17,20,22H2,1-8H3. The van der Waals surface area contributed by atoms with Crippen molar-refractivity contribution >= 4 is 30.4 Å². The van der Waals surface area contributed by atoms with Crippen LogP contribution in [0.3, 0.4) is 0 Å². The summed E-state index contributed by atoms with van der Waals surface area (Å²) in [6.45, 7) is 14.2. The van der Waals surface area contributed by atoms with Crippen LogP contribution in [0.5, 0.6) is 5.75 Å². The normalized spacial score (nSPS) is 14.9. The first-order chi connectivity index (χ1) is 22.6. The number of phosphoric ester groups is 1. The van der Waals surface area contributed by atoms with Gasteiger partial charge in [0.05, 0.1) is 36.4 Å². The number of Topliss-reactive ketones (excluding diaryl/α,β-unsaturated/α-hetero) is 1. The Balaban J connectivity index is 1.47. The van der Waals surface area contributed by atoms with E-state index in [-0.39, 0.29) is 25.0 Å². The smallest absolute Gasteiger partial charge is 0.477 e. The fourth-order valence-electron chi connectivity index (χ4n) is 5.41. The van der Waals surface area contributed by atoms with Crippen molar-refractivity contribution in [3.8, 4) is 11.6 Å². The van der Waals surface area contributed by atoms with Crippen LogP contribution in [0.25, 0.3) is 16.7 Å². The molecule has 0 radical (unpaired) electrons. The van der Waals surface area contributed by atoms with E-state index in [0.29, 0.717) is 65.6 Å². The lowest BCUT2D eigenvalue weighted by molar-refractivity contribution is -0.00566. The maximum absolute atomic E-state index is 14.1. The monoisotopic (exact) mass is 681 g/mol. The van der Waals surface area contributed by atoms with Crippen molar-refractivity contribution in [3.63, 3.8) is 0 Å². The largest absolute Gasteiger partial charge is 0.494 e. The van der Waals surface area contributed by atoms with Gasteiger partial charge in [0.15, 0.2) is 11.6 Å². The third-order valence-corrected chi connectivity index (χ3v) is 9.33. The molecule has 0 spiro atoms. The maximum Gasteiger partial charge on any atom is 0.477 e. The van der Waals surface area contributed by atoms with Crippen LogP contribution in [0, 0.1) is 6.92 Å². The molecule has 258 valence electrons. The number of pyridine rings is 1. The number of hydrogen-bond donors (Lipinski definition) is 0. The van der Waals surface area contributed by atoms with Crippen molar-refractivity contribution in [1.82, 2.24) is 34.1 Å². The number of aromatic nitrogens is 5. The van der Waals surface area contributed by atoms with E-state index in [4.69, 9.17) is 18.3 Å². The average Bonchev–Trinajstić information content (AvgIpc) is 3.62. The second-order valence-corrected chi connectivity index (χ2v) is 15.1. The minimum atomic E-state index is -4.12. The molecule has 1 amide bonds. The highest BCUT2D eigenvalue weighted by atomic mass is 31.2. The quantitative estimate of drug-likeness (QED) is 0.151. The van der Waals surface area contributed by atoms with E-state index in [1.54, 1.807) is 76.3 Å². The average molecular weight is 682 g/mol. The number of benzene rings is 1. The molecule has 4 aromatic rings. The molecule has 4 heterocycles. The van der Waals surface area contributed by atoms with Crippen molar-refractivity contribution in [2.45, 2.75) is 66.4 Å². The first-order valence-corrected chi connectivity index (χ1v) is 17.2. The highest BCUT2D eigenvalue weighted by Gasteiger charge is 2.38. The molecule has 0 bridgehead atoms. The van der Waals surface area contributed by atoms with Gasteiger partial charge in [0, 0.05) is 43.5 Å². The SMILES string of the molecule is COc1cnc(-n2cnc(C)n2)c2c1c(C(=O)CN1CCN(C(=O)c3ccccc3)CC1)cn2COP(=O)(OC(C)(C)C)OC(C)(C)C. The number of phosphoric acid groups is 1. The van der Waals surface area contributed by atoms with Crippen molar-refractivity contribution in [2.75, 3.05) is 39.8 Å². The Hall–Kier alpha value is -3.94. The molecule has 0 unspecified atom stereocenters. The van der Waals surface area contributed by atoms with Gasteiger partial charge in [-0.3, -0.25) is 28.1 Å². The van der Waals surface area contributed by atoms with E-state index in [1.807, 2.05) is 23.1 Å². The van der Waals surface area contributed by atoms with Gasteiger partial charge in [-0.15, -0.1) is 0 Å². The number of fused-ring (bicyclic) bond motifs is 1. The van der Waals surface area contributed by atoms with E-state index in [2.05, 4.69) is 15.1 Å². The minimum Gasteiger partial charge on any atom is -0.494 e. The summed E-state index contributed by atoms with van der Waals surface area (Å²) in [6, 6.07) is 9.17. The van der Waals surface area contributed by atoms with Crippen molar-refractivity contribution in [3.05, 3.63) is 66.0 Å². The van der Waals surface area contributed by atoms with Crippen LogP contribution in [0.4, 0.5) is 0 Å².